The zero-order valence-electron chi connectivity index (χ0n) is 17.3. The third-order valence-electron chi connectivity index (χ3n) is 5.07. The zero-order chi connectivity index (χ0) is 20.9. The topological polar surface area (TPSA) is 83.2 Å². The van der Waals surface area contributed by atoms with Crippen LogP contribution in [0.2, 0.25) is 0 Å². The first-order valence-electron chi connectivity index (χ1n) is 10.3. The molecule has 0 aliphatic carbocycles. The van der Waals surface area contributed by atoms with Crippen molar-refractivity contribution in [3.63, 3.8) is 0 Å². The van der Waals surface area contributed by atoms with E-state index in [0.717, 1.165) is 36.5 Å². The predicted molar refractivity (Wildman–Crippen MR) is 113 cm³/mol. The highest BCUT2D eigenvalue weighted by molar-refractivity contribution is 5.78. The Morgan fingerprint density at radius 2 is 2.23 bits per heavy atom. The lowest BCUT2D eigenvalue weighted by atomic mass is 10.2. The average molecular weight is 409 g/mol. The van der Waals surface area contributed by atoms with Gasteiger partial charge in [0.2, 0.25) is 0 Å². The molecule has 2 aromatic heterocycles. The van der Waals surface area contributed by atoms with Crippen molar-refractivity contribution >= 4 is 5.91 Å². The molecule has 1 fully saturated rings. The predicted octanol–water partition coefficient (Wildman–Crippen LogP) is 2.99. The molecule has 8 heteroatoms. The van der Waals surface area contributed by atoms with Crippen molar-refractivity contribution in [3.8, 4) is 22.8 Å². The van der Waals surface area contributed by atoms with Crippen LogP contribution in [0.15, 0.2) is 49.1 Å². The van der Waals surface area contributed by atoms with Crippen LogP contribution in [0.25, 0.3) is 17.1 Å². The number of hydrogen-bond acceptors (Lipinski definition) is 5. The molecular formula is C22H27N5O3. The fourth-order valence-corrected chi connectivity index (χ4v) is 3.45. The third kappa shape index (κ3) is 4.54. The third-order valence-corrected chi connectivity index (χ3v) is 5.07. The first-order chi connectivity index (χ1) is 14.6. The van der Waals surface area contributed by atoms with E-state index >= 15 is 0 Å². The molecule has 158 valence electrons. The lowest BCUT2D eigenvalue weighted by molar-refractivity contribution is -0.123. The summed E-state index contributed by atoms with van der Waals surface area (Å²) in [5.74, 6) is 1.17. The first kappa shape index (κ1) is 20.2. The molecule has 0 saturated carbocycles. The number of ether oxygens (including phenoxy) is 2. The van der Waals surface area contributed by atoms with Crippen LogP contribution in [0.3, 0.4) is 0 Å². The van der Waals surface area contributed by atoms with Crippen LogP contribution in [0.1, 0.15) is 32.7 Å². The van der Waals surface area contributed by atoms with Crippen LogP contribution >= 0.6 is 0 Å². The molecule has 3 aromatic rings. The molecule has 0 spiro atoms. The average Bonchev–Trinajstić information content (AvgIpc) is 3.51. The molecule has 0 bridgehead atoms. The number of carbonyl (C=O) groups is 1. The number of aromatic nitrogens is 4. The smallest absolute Gasteiger partial charge is 0.258 e. The van der Waals surface area contributed by atoms with E-state index in [0.29, 0.717) is 12.3 Å². The van der Waals surface area contributed by atoms with Gasteiger partial charge in [0.05, 0.1) is 23.6 Å². The molecule has 1 atom stereocenters. The summed E-state index contributed by atoms with van der Waals surface area (Å²) in [6, 6.07) is 7.86. The van der Waals surface area contributed by atoms with Gasteiger partial charge in [-0.15, -0.1) is 0 Å². The Morgan fingerprint density at radius 1 is 1.37 bits per heavy atom. The van der Waals surface area contributed by atoms with Gasteiger partial charge in [-0.3, -0.25) is 14.0 Å². The van der Waals surface area contributed by atoms with Gasteiger partial charge >= 0.3 is 0 Å². The highest BCUT2D eigenvalue weighted by Crippen LogP contribution is 2.30. The molecule has 1 amide bonds. The maximum absolute atomic E-state index is 12.2. The van der Waals surface area contributed by atoms with E-state index in [1.165, 1.54) is 0 Å². The summed E-state index contributed by atoms with van der Waals surface area (Å²) in [6.45, 7) is 5.40. The molecule has 1 saturated heterocycles. The minimum absolute atomic E-state index is 0.0598. The molecule has 3 heterocycles. The van der Waals surface area contributed by atoms with Crippen molar-refractivity contribution in [2.24, 2.45) is 0 Å². The second kappa shape index (κ2) is 9.13. The molecular weight excluding hydrogens is 382 g/mol. The molecule has 1 aliphatic rings. The van der Waals surface area contributed by atoms with E-state index < -0.39 is 0 Å². The molecule has 1 N–H and O–H groups in total. The van der Waals surface area contributed by atoms with Gasteiger partial charge in [0.15, 0.2) is 6.61 Å². The fourth-order valence-electron chi connectivity index (χ4n) is 3.45. The van der Waals surface area contributed by atoms with Crippen molar-refractivity contribution in [2.45, 2.75) is 38.8 Å². The van der Waals surface area contributed by atoms with Gasteiger partial charge < -0.3 is 14.8 Å². The molecule has 8 nitrogen and oxygen atoms in total. The zero-order valence-corrected chi connectivity index (χ0v) is 17.3. The lowest BCUT2D eigenvalue weighted by Gasteiger charge is -2.14. The number of para-hydroxylation sites is 1. The van der Waals surface area contributed by atoms with E-state index in [2.05, 4.69) is 29.2 Å². The van der Waals surface area contributed by atoms with Gasteiger partial charge in [-0.05, 0) is 38.8 Å². The summed E-state index contributed by atoms with van der Waals surface area (Å²) in [5, 5.41) is 7.29. The Labute approximate surface area is 175 Å². The molecule has 4 rings (SSSR count). The monoisotopic (exact) mass is 409 g/mol. The van der Waals surface area contributed by atoms with Crippen LogP contribution in [0, 0.1) is 0 Å². The minimum atomic E-state index is -0.165. The van der Waals surface area contributed by atoms with Gasteiger partial charge in [-0.1, -0.05) is 12.1 Å². The molecule has 0 radical (unpaired) electrons. The van der Waals surface area contributed by atoms with E-state index in [-0.39, 0.29) is 24.7 Å². The molecule has 1 aromatic carbocycles. The van der Waals surface area contributed by atoms with Crippen LogP contribution in [-0.2, 0) is 9.53 Å². The Bertz CT molecular complexity index is 988. The lowest BCUT2D eigenvalue weighted by Crippen LogP contribution is -2.35. The second-order valence-corrected chi connectivity index (χ2v) is 7.62. The van der Waals surface area contributed by atoms with Gasteiger partial charge in [-0.2, -0.15) is 5.10 Å². The summed E-state index contributed by atoms with van der Waals surface area (Å²) < 4.78 is 15.2. The SMILES string of the molecule is CC(C)n1cc(-n2ccnc2-c2ccccc2OCC(=O)NCC2CCCO2)cn1. The minimum Gasteiger partial charge on any atom is -0.483 e. The van der Waals surface area contributed by atoms with E-state index in [1.54, 1.807) is 6.20 Å². The Hall–Kier alpha value is -3.13. The second-order valence-electron chi connectivity index (χ2n) is 7.62. The van der Waals surface area contributed by atoms with Crippen molar-refractivity contribution < 1.29 is 14.3 Å². The van der Waals surface area contributed by atoms with Gasteiger partial charge in [0, 0.05) is 37.8 Å². The number of imidazole rings is 1. The number of nitrogens with one attached hydrogen (secondary N) is 1. The van der Waals surface area contributed by atoms with Crippen LogP contribution < -0.4 is 10.1 Å². The summed E-state index contributed by atoms with van der Waals surface area (Å²) >= 11 is 0. The van der Waals surface area contributed by atoms with E-state index in [4.69, 9.17) is 9.47 Å². The number of benzene rings is 1. The van der Waals surface area contributed by atoms with Crippen molar-refractivity contribution in [3.05, 3.63) is 49.1 Å². The summed E-state index contributed by atoms with van der Waals surface area (Å²) in [6.07, 6.45) is 9.58. The maximum atomic E-state index is 12.2. The van der Waals surface area contributed by atoms with Crippen molar-refractivity contribution in [2.75, 3.05) is 19.8 Å². The number of amides is 1. The number of hydrogen-bond donors (Lipinski definition) is 1. The van der Waals surface area contributed by atoms with Gasteiger partial charge in [-0.25, -0.2) is 4.98 Å². The maximum Gasteiger partial charge on any atom is 0.258 e. The normalized spacial score (nSPS) is 16.2. The van der Waals surface area contributed by atoms with Crippen LogP contribution in [0.4, 0.5) is 0 Å². The fraction of sp³-hybridized carbons (Fsp3) is 0.409. The quantitative estimate of drug-likeness (QED) is 0.618. The standard InChI is InChI=1S/C22H27N5O3/c1-16(2)27-14-17(12-25-27)26-10-9-23-22(26)19-7-3-4-8-20(19)30-15-21(28)24-13-18-6-5-11-29-18/h3-4,7-10,12,14,16,18H,5-6,11,13,15H2,1-2H3,(H,24,28). The number of rotatable bonds is 8. The first-order valence-corrected chi connectivity index (χ1v) is 10.3. The number of carbonyl (C=O) groups excluding carboxylic acids is 1. The summed E-state index contributed by atoms with van der Waals surface area (Å²) in [4.78, 5) is 16.7. The number of nitrogens with zero attached hydrogens (tertiary/aromatic N) is 4. The van der Waals surface area contributed by atoms with Gasteiger partial charge in [0.25, 0.3) is 5.91 Å². The van der Waals surface area contributed by atoms with Crippen molar-refractivity contribution in [1.82, 2.24) is 24.6 Å². The summed E-state index contributed by atoms with van der Waals surface area (Å²) in [5.41, 5.74) is 1.73. The van der Waals surface area contributed by atoms with Crippen LogP contribution in [-0.4, -0.2) is 51.1 Å². The Balaban J connectivity index is 1.47. The largest absolute Gasteiger partial charge is 0.483 e. The Morgan fingerprint density at radius 3 is 3.00 bits per heavy atom. The molecule has 30 heavy (non-hydrogen) atoms. The van der Waals surface area contributed by atoms with Crippen LogP contribution in [0.5, 0.6) is 5.75 Å². The summed E-state index contributed by atoms with van der Waals surface area (Å²) in [7, 11) is 0. The van der Waals surface area contributed by atoms with E-state index in [1.807, 2.05) is 52.1 Å². The Kier molecular flexibility index (Phi) is 6.13. The molecule has 1 aliphatic heterocycles. The van der Waals surface area contributed by atoms with Gasteiger partial charge in [0.1, 0.15) is 11.6 Å². The highest BCUT2D eigenvalue weighted by Gasteiger charge is 2.18. The van der Waals surface area contributed by atoms with E-state index in [9.17, 15) is 4.79 Å². The molecule has 1 unspecified atom stereocenters. The highest BCUT2D eigenvalue weighted by atomic mass is 16.5. The van der Waals surface area contributed by atoms with Crippen molar-refractivity contribution in [1.29, 1.82) is 0 Å².